The van der Waals surface area contributed by atoms with E-state index in [9.17, 15) is 29.4 Å². The molecule has 0 bridgehead atoms. The second-order valence-electron chi connectivity index (χ2n) is 16.2. The van der Waals surface area contributed by atoms with E-state index >= 15 is 0 Å². The van der Waals surface area contributed by atoms with Gasteiger partial charge in [0.2, 0.25) is 11.8 Å². The van der Waals surface area contributed by atoms with Crippen LogP contribution in [0, 0.1) is 11.8 Å². The molecule has 2 fully saturated rings. The molecule has 6 atom stereocenters. The zero-order valence-corrected chi connectivity index (χ0v) is 37.4. The molecule has 2 amide bonds. The molecule has 12 heteroatoms. The van der Waals surface area contributed by atoms with E-state index in [1.165, 1.54) is 13.8 Å². The Balaban J connectivity index is 0.000000196. The average Bonchev–Trinajstić information content (AvgIpc) is 3.33. The van der Waals surface area contributed by atoms with Crippen molar-refractivity contribution in [2.75, 3.05) is 24.0 Å². The fourth-order valence-corrected chi connectivity index (χ4v) is 8.64. The third-order valence-corrected chi connectivity index (χ3v) is 12.0. The normalized spacial score (nSPS) is 18.4. The molecule has 66 heavy (non-hydrogen) atoms. The first-order chi connectivity index (χ1) is 31.9. The number of hydrogen-bond acceptors (Lipinski definition) is 10. The maximum absolute atomic E-state index is 13.2. The summed E-state index contributed by atoms with van der Waals surface area (Å²) in [7, 11) is 3.21. The minimum atomic E-state index is -0.624. The maximum Gasteiger partial charge on any atom is 0.308 e. The van der Waals surface area contributed by atoms with Crippen LogP contribution in [-0.2, 0) is 19.2 Å². The molecule has 6 aromatic rings. The number of ether oxygens (including phenoxy) is 4. The van der Waals surface area contributed by atoms with Gasteiger partial charge in [0.05, 0.1) is 50.3 Å². The van der Waals surface area contributed by atoms with E-state index in [-0.39, 0.29) is 47.7 Å². The first-order valence-corrected chi connectivity index (χ1v) is 21.9. The van der Waals surface area contributed by atoms with Crippen molar-refractivity contribution in [2.45, 2.75) is 63.8 Å². The van der Waals surface area contributed by atoms with Gasteiger partial charge < -0.3 is 39.0 Å². The molecule has 2 aliphatic rings. The number of benzene rings is 6. The van der Waals surface area contributed by atoms with E-state index in [0.717, 1.165) is 45.1 Å². The van der Waals surface area contributed by atoms with E-state index in [0.29, 0.717) is 37.2 Å². The van der Waals surface area contributed by atoms with E-state index in [1.807, 2.05) is 133 Å². The highest BCUT2D eigenvalue weighted by Crippen LogP contribution is 2.48. The molecular formula is C54H54N2O10. The Kier molecular flexibility index (Phi) is 15.3. The Hall–Kier alpha value is -7.28. The van der Waals surface area contributed by atoms with Crippen LogP contribution < -0.4 is 28.7 Å². The largest absolute Gasteiger partial charge is 0.497 e. The summed E-state index contributed by atoms with van der Waals surface area (Å²) in [4.78, 5) is 52.4. The van der Waals surface area contributed by atoms with Crippen molar-refractivity contribution in [3.63, 3.8) is 0 Å². The van der Waals surface area contributed by atoms with Gasteiger partial charge in [-0.3, -0.25) is 19.2 Å². The number of β-lactam (4-membered cyclic amide) rings is 2. The van der Waals surface area contributed by atoms with Crippen molar-refractivity contribution in [1.29, 1.82) is 0 Å². The van der Waals surface area contributed by atoms with Crippen LogP contribution in [0.5, 0.6) is 23.0 Å². The molecule has 0 radical (unpaired) electrons. The Morgan fingerprint density at radius 1 is 0.485 bits per heavy atom. The summed E-state index contributed by atoms with van der Waals surface area (Å²) in [6, 6.07) is 47.9. The highest BCUT2D eigenvalue weighted by atomic mass is 16.5. The van der Waals surface area contributed by atoms with Crippen LogP contribution in [0.15, 0.2) is 158 Å². The van der Waals surface area contributed by atoms with Crippen molar-refractivity contribution < 1.29 is 48.3 Å². The number of amides is 2. The second kappa shape index (κ2) is 21.6. The third kappa shape index (κ3) is 11.0. The summed E-state index contributed by atoms with van der Waals surface area (Å²) in [5, 5.41) is 21.2. The van der Waals surface area contributed by atoms with Gasteiger partial charge in [-0.05, 0) is 121 Å². The number of carbonyl (C=O) groups excluding carboxylic acids is 4. The third-order valence-electron chi connectivity index (χ3n) is 12.0. The lowest BCUT2D eigenvalue weighted by molar-refractivity contribution is -0.132. The number of carbonyl (C=O) groups is 4. The first kappa shape index (κ1) is 46.7. The molecule has 340 valence electrons. The zero-order chi connectivity index (χ0) is 46.7. The van der Waals surface area contributed by atoms with Crippen LogP contribution in [0.25, 0.3) is 0 Å². The second-order valence-corrected chi connectivity index (χ2v) is 16.2. The number of hydrogen-bond donors (Lipinski definition) is 2. The molecule has 2 aliphatic heterocycles. The van der Waals surface area contributed by atoms with Gasteiger partial charge >= 0.3 is 11.9 Å². The van der Waals surface area contributed by atoms with E-state index in [1.54, 1.807) is 48.3 Å². The first-order valence-electron chi connectivity index (χ1n) is 21.9. The highest BCUT2D eigenvalue weighted by Gasteiger charge is 2.49. The van der Waals surface area contributed by atoms with Crippen LogP contribution >= 0.6 is 0 Å². The van der Waals surface area contributed by atoms with Crippen LogP contribution in [0.1, 0.15) is 86.1 Å². The summed E-state index contributed by atoms with van der Waals surface area (Å²) in [6.45, 7) is 2.72. The lowest BCUT2D eigenvalue weighted by atomic mass is 9.78. The van der Waals surface area contributed by atoms with Gasteiger partial charge in [-0.25, -0.2) is 0 Å². The topological polar surface area (TPSA) is 152 Å². The van der Waals surface area contributed by atoms with Crippen LogP contribution in [0.4, 0.5) is 11.4 Å². The van der Waals surface area contributed by atoms with Gasteiger partial charge in [-0.15, -0.1) is 0 Å². The average molecular weight is 891 g/mol. The van der Waals surface area contributed by atoms with E-state index in [4.69, 9.17) is 18.9 Å². The molecule has 8 rings (SSSR count). The van der Waals surface area contributed by atoms with Crippen molar-refractivity contribution in [1.82, 2.24) is 0 Å². The molecule has 2 N–H and O–H groups in total. The van der Waals surface area contributed by atoms with Crippen molar-refractivity contribution in [2.24, 2.45) is 11.8 Å². The Bertz CT molecular complexity index is 2370. The standard InChI is InChI=1S/2C27H27NO5/c2*1-18(29)33-23-12-8-20(9-13-23)26-24(16-17-25(30)19-6-4-3-5-7-19)27(31)28(26)21-10-14-22(32-2)15-11-21/h2*3-15,24-26,30H,16-17H2,1-2H3/t24?,25-,26+;24?,25-,26-/m01/s1. The quantitative estimate of drug-likeness (QED) is 0.0546. The van der Waals surface area contributed by atoms with Crippen molar-refractivity contribution >= 4 is 35.1 Å². The van der Waals surface area contributed by atoms with Crippen molar-refractivity contribution in [3.8, 4) is 23.0 Å². The molecule has 0 aromatic heterocycles. The predicted octanol–water partition coefficient (Wildman–Crippen LogP) is 9.68. The number of esters is 2. The fourth-order valence-electron chi connectivity index (χ4n) is 8.64. The summed E-state index contributed by atoms with van der Waals surface area (Å²) in [6.07, 6.45) is 0.829. The van der Waals surface area contributed by atoms with Gasteiger partial charge in [0.25, 0.3) is 0 Å². The van der Waals surface area contributed by atoms with Crippen molar-refractivity contribution in [3.05, 3.63) is 180 Å². The number of methoxy groups -OCH3 is 2. The summed E-state index contributed by atoms with van der Waals surface area (Å²) in [5.74, 6) is 1.13. The Morgan fingerprint density at radius 3 is 1.11 bits per heavy atom. The Morgan fingerprint density at radius 2 is 0.803 bits per heavy atom. The van der Waals surface area contributed by atoms with Crippen LogP contribution in [0.2, 0.25) is 0 Å². The summed E-state index contributed by atoms with van der Waals surface area (Å²) in [5.41, 5.74) is 5.16. The molecule has 0 saturated carbocycles. The highest BCUT2D eigenvalue weighted by molar-refractivity contribution is 6.04. The maximum atomic E-state index is 13.2. The Labute approximate surface area is 384 Å². The lowest BCUT2D eigenvalue weighted by Gasteiger charge is -2.48. The molecule has 0 spiro atoms. The summed E-state index contributed by atoms with van der Waals surface area (Å²) >= 11 is 0. The number of nitrogens with zero attached hydrogens (tertiary/aromatic N) is 2. The smallest absolute Gasteiger partial charge is 0.308 e. The van der Waals surface area contributed by atoms with Gasteiger partial charge in [0.15, 0.2) is 0 Å². The van der Waals surface area contributed by atoms with Gasteiger partial charge in [-0.2, -0.15) is 0 Å². The monoisotopic (exact) mass is 890 g/mol. The molecule has 2 heterocycles. The summed E-state index contributed by atoms with van der Waals surface area (Å²) < 4.78 is 20.8. The number of aliphatic hydroxyl groups is 2. The van der Waals surface area contributed by atoms with Gasteiger partial charge in [-0.1, -0.05) is 84.9 Å². The number of aliphatic hydroxyl groups excluding tert-OH is 2. The SMILES string of the molecule is COc1ccc(N2C(=O)C(CC[C@@H](O)c3ccccc3)[C@H]2c2ccc(OC(C)=O)cc2)cc1.COc1ccc(N2C(=O)C(CC[C@H](O)c3ccccc3)[C@H]2c2ccc(OC(C)=O)cc2)cc1. The lowest BCUT2D eigenvalue weighted by Crippen LogP contribution is -2.55. The molecular weight excluding hydrogens is 837 g/mol. The van der Waals surface area contributed by atoms with Crippen LogP contribution in [-0.4, -0.2) is 48.2 Å². The van der Waals surface area contributed by atoms with E-state index in [2.05, 4.69) is 0 Å². The van der Waals surface area contributed by atoms with Crippen LogP contribution in [0.3, 0.4) is 0 Å². The number of anilines is 2. The minimum Gasteiger partial charge on any atom is -0.497 e. The molecule has 2 unspecified atom stereocenters. The predicted molar refractivity (Wildman–Crippen MR) is 250 cm³/mol. The molecule has 12 nitrogen and oxygen atoms in total. The minimum absolute atomic E-state index is 0.0227. The van der Waals surface area contributed by atoms with E-state index < -0.39 is 12.2 Å². The number of rotatable bonds is 16. The molecule has 2 saturated heterocycles. The molecule has 0 aliphatic carbocycles. The molecule has 6 aromatic carbocycles. The fraction of sp³-hybridized carbons (Fsp3) is 0.259. The van der Waals surface area contributed by atoms with Gasteiger partial charge in [0, 0.05) is 25.2 Å². The zero-order valence-electron chi connectivity index (χ0n) is 37.4. The van der Waals surface area contributed by atoms with Gasteiger partial charge in [0.1, 0.15) is 23.0 Å².